The molecule has 0 unspecified atom stereocenters. The number of carbonyl (C=O) groups excluding carboxylic acids is 1. The summed E-state index contributed by atoms with van der Waals surface area (Å²) < 4.78 is 4.29. The van der Waals surface area contributed by atoms with Crippen LogP contribution in [0.1, 0.15) is 23.0 Å². The number of carbonyl (C=O) groups is 1. The first-order valence-electron chi connectivity index (χ1n) is 9.49. The lowest BCUT2D eigenvalue weighted by molar-refractivity contribution is 0.0619. The summed E-state index contributed by atoms with van der Waals surface area (Å²) in [7, 11) is 0. The van der Waals surface area contributed by atoms with Gasteiger partial charge in [0.2, 0.25) is 0 Å². The Morgan fingerprint density at radius 3 is 2.57 bits per heavy atom. The van der Waals surface area contributed by atoms with Crippen LogP contribution in [0.25, 0.3) is 10.2 Å². The van der Waals surface area contributed by atoms with Crippen LogP contribution in [0.3, 0.4) is 0 Å². The van der Waals surface area contributed by atoms with E-state index in [2.05, 4.69) is 61.6 Å². The van der Waals surface area contributed by atoms with Crippen molar-refractivity contribution in [3.8, 4) is 0 Å². The Morgan fingerprint density at radius 1 is 1.18 bits per heavy atom. The van der Waals surface area contributed by atoms with Crippen molar-refractivity contribution in [2.75, 3.05) is 26.2 Å². The van der Waals surface area contributed by atoms with Crippen LogP contribution in [0.2, 0.25) is 0 Å². The third-order valence-electron chi connectivity index (χ3n) is 5.13. The van der Waals surface area contributed by atoms with Gasteiger partial charge >= 0.3 is 0 Å². The van der Waals surface area contributed by atoms with E-state index in [1.54, 1.807) is 11.3 Å². The van der Waals surface area contributed by atoms with E-state index in [1.165, 1.54) is 5.56 Å². The van der Waals surface area contributed by atoms with E-state index in [0.717, 1.165) is 58.7 Å². The predicted molar refractivity (Wildman–Crippen MR) is 120 cm³/mol. The minimum absolute atomic E-state index is 0.121. The average Bonchev–Trinajstić information content (AvgIpc) is 3.23. The Bertz CT molecular complexity index is 1000. The van der Waals surface area contributed by atoms with Crippen LogP contribution in [0.15, 0.2) is 58.4 Å². The molecular formula is C22H24BrN3OS. The number of benzene rings is 1. The summed E-state index contributed by atoms with van der Waals surface area (Å²) in [5.74, 6) is 0.121. The Hall–Kier alpha value is -1.89. The van der Waals surface area contributed by atoms with Crippen LogP contribution in [0.5, 0.6) is 0 Å². The molecule has 0 bridgehead atoms. The lowest BCUT2D eigenvalue weighted by Gasteiger charge is -2.35. The Labute approximate surface area is 178 Å². The second-order valence-corrected chi connectivity index (χ2v) is 9.19. The zero-order valence-corrected chi connectivity index (χ0v) is 18.4. The maximum absolute atomic E-state index is 13.3. The highest BCUT2D eigenvalue weighted by Gasteiger charge is 2.26. The number of hydrogen-bond donors (Lipinski definition) is 0. The van der Waals surface area contributed by atoms with Gasteiger partial charge in [-0.05, 0) is 34.5 Å². The quantitative estimate of drug-likeness (QED) is 0.504. The van der Waals surface area contributed by atoms with Crippen LogP contribution in [-0.4, -0.2) is 46.5 Å². The molecule has 28 heavy (non-hydrogen) atoms. The summed E-state index contributed by atoms with van der Waals surface area (Å²) in [5.41, 5.74) is 4.22. The van der Waals surface area contributed by atoms with Gasteiger partial charge in [0, 0.05) is 44.6 Å². The molecule has 1 aliphatic heterocycles. The molecule has 0 atom stereocenters. The van der Waals surface area contributed by atoms with Gasteiger partial charge in [-0.25, -0.2) is 0 Å². The van der Waals surface area contributed by atoms with Crippen molar-refractivity contribution in [2.24, 2.45) is 0 Å². The largest absolute Gasteiger partial charge is 0.335 e. The van der Waals surface area contributed by atoms with Crippen molar-refractivity contribution in [1.29, 1.82) is 0 Å². The first-order valence-corrected chi connectivity index (χ1v) is 11.2. The molecule has 0 radical (unpaired) electrons. The molecule has 3 heterocycles. The summed E-state index contributed by atoms with van der Waals surface area (Å²) in [6, 6.07) is 12.6. The van der Waals surface area contributed by atoms with E-state index >= 15 is 0 Å². The number of hydrogen-bond acceptors (Lipinski definition) is 3. The number of piperazine rings is 1. The lowest BCUT2D eigenvalue weighted by atomic mass is 10.2. The fourth-order valence-electron chi connectivity index (χ4n) is 3.76. The van der Waals surface area contributed by atoms with E-state index in [9.17, 15) is 4.79 Å². The molecule has 1 aliphatic rings. The van der Waals surface area contributed by atoms with Crippen molar-refractivity contribution in [2.45, 2.75) is 20.0 Å². The van der Waals surface area contributed by atoms with Gasteiger partial charge in [-0.3, -0.25) is 9.69 Å². The molecule has 1 aromatic carbocycles. The number of rotatable bonds is 5. The van der Waals surface area contributed by atoms with Gasteiger partial charge in [0.15, 0.2) is 0 Å². The van der Waals surface area contributed by atoms with Gasteiger partial charge in [0.1, 0.15) is 5.69 Å². The molecule has 1 saturated heterocycles. The van der Waals surface area contributed by atoms with Gasteiger partial charge in [0.25, 0.3) is 5.91 Å². The highest BCUT2D eigenvalue weighted by molar-refractivity contribution is 9.10. The smallest absolute Gasteiger partial charge is 0.270 e. The molecule has 0 N–H and O–H groups in total. The van der Waals surface area contributed by atoms with E-state index in [4.69, 9.17) is 0 Å². The number of allylic oxidation sites excluding steroid dienone is 1. The molecule has 1 amide bonds. The first-order chi connectivity index (χ1) is 13.5. The van der Waals surface area contributed by atoms with Crippen LogP contribution in [0, 0.1) is 0 Å². The molecule has 2 aromatic heterocycles. The number of fused-ring (bicyclic) bond motifs is 1. The SMILES string of the molecule is C=C(C)Cn1c(C(=O)N2CCN(Cc3ccccc3)CC2)cc2scc(Br)c21. The van der Waals surface area contributed by atoms with Crippen molar-refractivity contribution in [3.05, 3.63) is 69.7 Å². The third-order valence-corrected chi connectivity index (χ3v) is 6.96. The van der Waals surface area contributed by atoms with Gasteiger partial charge < -0.3 is 9.47 Å². The van der Waals surface area contributed by atoms with Crippen molar-refractivity contribution < 1.29 is 4.79 Å². The van der Waals surface area contributed by atoms with Crippen LogP contribution in [0.4, 0.5) is 0 Å². The van der Waals surface area contributed by atoms with Crippen LogP contribution in [-0.2, 0) is 13.1 Å². The second kappa shape index (κ2) is 8.23. The molecule has 0 spiro atoms. The fourth-order valence-corrected chi connectivity index (χ4v) is 5.45. The van der Waals surface area contributed by atoms with E-state index in [0.29, 0.717) is 6.54 Å². The highest BCUT2D eigenvalue weighted by Crippen LogP contribution is 2.34. The van der Waals surface area contributed by atoms with Crippen LogP contribution < -0.4 is 0 Å². The zero-order chi connectivity index (χ0) is 19.7. The molecule has 146 valence electrons. The molecular weight excluding hydrogens is 434 g/mol. The van der Waals surface area contributed by atoms with Gasteiger partial charge in [-0.1, -0.05) is 42.5 Å². The van der Waals surface area contributed by atoms with E-state index < -0.39 is 0 Å². The minimum Gasteiger partial charge on any atom is -0.335 e. The van der Waals surface area contributed by atoms with Gasteiger partial charge in [-0.2, -0.15) is 0 Å². The number of aromatic nitrogens is 1. The number of halogens is 1. The predicted octanol–water partition coefficient (Wildman–Crippen LogP) is 5.00. The zero-order valence-electron chi connectivity index (χ0n) is 16.0. The molecule has 0 aliphatic carbocycles. The fraction of sp³-hybridized carbons (Fsp3) is 0.318. The van der Waals surface area contributed by atoms with Gasteiger partial charge in [-0.15, -0.1) is 11.3 Å². The normalized spacial score (nSPS) is 15.3. The second-order valence-electron chi connectivity index (χ2n) is 7.42. The minimum atomic E-state index is 0.121. The summed E-state index contributed by atoms with van der Waals surface area (Å²) in [6.07, 6.45) is 0. The van der Waals surface area contributed by atoms with E-state index in [-0.39, 0.29) is 5.91 Å². The standard InChI is InChI=1S/C22H24BrN3OS/c1-16(2)13-26-19(12-20-21(26)18(23)15-28-20)22(27)25-10-8-24(9-11-25)14-17-6-4-3-5-7-17/h3-7,12,15H,1,8-11,13-14H2,2H3. The van der Waals surface area contributed by atoms with Crippen molar-refractivity contribution in [3.63, 3.8) is 0 Å². The summed E-state index contributed by atoms with van der Waals surface area (Å²) in [5, 5.41) is 2.08. The van der Waals surface area contributed by atoms with Crippen LogP contribution >= 0.6 is 27.3 Å². The molecule has 6 heteroatoms. The summed E-state index contributed by atoms with van der Waals surface area (Å²) >= 11 is 5.30. The molecule has 4 rings (SSSR count). The monoisotopic (exact) mass is 457 g/mol. The maximum atomic E-state index is 13.3. The Morgan fingerprint density at radius 2 is 1.89 bits per heavy atom. The molecule has 0 saturated carbocycles. The molecule has 1 fully saturated rings. The summed E-state index contributed by atoms with van der Waals surface area (Å²) in [6.45, 7) is 11.0. The van der Waals surface area contributed by atoms with Gasteiger partial charge in [0.05, 0.1) is 14.7 Å². The van der Waals surface area contributed by atoms with E-state index in [1.807, 2.05) is 24.0 Å². The van der Waals surface area contributed by atoms with Crippen molar-refractivity contribution >= 4 is 43.4 Å². The maximum Gasteiger partial charge on any atom is 0.270 e. The summed E-state index contributed by atoms with van der Waals surface area (Å²) in [4.78, 5) is 17.7. The first kappa shape index (κ1) is 19.4. The molecule has 4 nitrogen and oxygen atoms in total. The third kappa shape index (κ3) is 3.95. The Balaban J connectivity index is 1.49. The highest BCUT2D eigenvalue weighted by atomic mass is 79.9. The number of thiophene rings is 1. The Kier molecular flexibility index (Phi) is 5.71. The van der Waals surface area contributed by atoms with Crippen molar-refractivity contribution in [1.82, 2.24) is 14.4 Å². The topological polar surface area (TPSA) is 28.5 Å². The lowest BCUT2D eigenvalue weighted by Crippen LogP contribution is -2.48. The number of amides is 1. The number of nitrogens with zero attached hydrogens (tertiary/aromatic N) is 3. The molecule has 3 aromatic rings. The average molecular weight is 458 g/mol.